The Kier molecular flexibility index (Phi) is 5.30. The molecule has 0 radical (unpaired) electrons. The minimum Gasteiger partial charge on any atom is -0.463 e. The van der Waals surface area contributed by atoms with Crippen LogP contribution in [0, 0.1) is 0 Å². The summed E-state index contributed by atoms with van der Waals surface area (Å²) in [6.07, 6.45) is 6.07. The first-order valence-electron chi connectivity index (χ1n) is 11.8. The van der Waals surface area contributed by atoms with Crippen LogP contribution in [0.25, 0.3) is 0 Å². The Balaban J connectivity index is 1.10. The van der Waals surface area contributed by atoms with E-state index in [9.17, 15) is 9.59 Å². The number of aromatic nitrogens is 2. The molecule has 0 saturated carbocycles. The molecule has 0 N–H and O–H groups in total. The van der Waals surface area contributed by atoms with Crippen LogP contribution in [0.4, 0.5) is 0 Å². The van der Waals surface area contributed by atoms with Gasteiger partial charge in [-0.2, -0.15) is 0 Å². The van der Waals surface area contributed by atoms with Crippen LogP contribution in [0.3, 0.4) is 0 Å². The number of fused-ring (bicyclic) bond motifs is 2. The third-order valence-electron chi connectivity index (χ3n) is 6.68. The summed E-state index contributed by atoms with van der Waals surface area (Å²) in [5, 5.41) is 0. The first-order valence-corrected chi connectivity index (χ1v) is 11.8. The molecule has 2 amide bonds. The molecule has 3 aromatic rings. The fraction of sp³-hybridized carbons (Fsp3) is 0.346. The number of benzene rings is 1. The lowest BCUT2D eigenvalue weighted by molar-refractivity contribution is 0.0630. The van der Waals surface area contributed by atoms with E-state index in [2.05, 4.69) is 14.9 Å². The van der Waals surface area contributed by atoms with E-state index in [1.54, 1.807) is 24.3 Å². The van der Waals surface area contributed by atoms with Crippen LogP contribution in [0.5, 0.6) is 0 Å². The molecular weight excluding hydrogens is 430 g/mol. The van der Waals surface area contributed by atoms with Gasteiger partial charge in [0.15, 0.2) is 5.82 Å². The van der Waals surface area contributed by atoms with Gasteiger partial charge in [0.25, 0.3) is 11.8 Å². The number of nitrogens with zero attached hydrogens (tertiary/aromatic N) is 5. The summed E-state index contributed by atoms with van der Waals surface area (Å²) < 4.78 is 6.00. The number of rotatable bonds is 5. The minimum atomic E-state index is -0.273. The summed E-state index contributed by atoms with van der Waals surface area (Å²) >= 11 is 0. The number of amides is 2. The van der Waals surface area contributed by atoms with Crippen LogP contribution in [0.15, 0.2) is 52.0 Å². The molecular formula is C26H25N5O3. The molecule has 0 saturated heterocycles. The fourth-order valence-corrected chi connectivity index (χ4v) is 4.88. The van der Waals surface area contributed by atoms with Gasteiger partial charge in [0.2, 0.25) is 0 Å². The molecule has 8 heteroatoms. The summed E-state index contributed by atoms with van der Waals surface area (Å²) in [7, 11) is 0. The van der Waals surface area contributed by atoms with Gasteiger partial charge in [0.1, 0.15) is 11.5 Å². The second kappa shape index (κ2) is 8.61. The molecule has 0 spiro atoms. The molecule has 3 aliphatic rings. The SMILES string of the molecule is O=C1c2ccccc2C(=O)N1Cc1ccc(CN2CCc3nc(C4=NCCCC4)ncc3C2)o1. The van der Waals surface area contributed by atoms with E-state index in [0.29, 0.717) is 23.4 Å². The zero-order valence-corrected chi connectivity index (χ0v) is 18.9. The predicted octanol–water partition coefficient (Wildman–Crippen LogP) is 3.40. The molecule has 6 rings (SSSR count). The molecule has 0 aliphatic carbocycles. The van der Waals surface area contributed by atoms with Crippen molar-refractivity contribution in [1.82, 2.24) is 19.8 Å². The summed E-state index contributed by atoms with van der Waals surface area (Å²) in [6, 6.07) is 10.7. The van der Waals surface area contributed by atoms with Crippen LogP contribution >= 0.6 is 0 Å². The Morgan fingerprint density at radius 2 is 1.68 bits per heavy atom. The zero-order chi connectivity index (χ0) is 23.1. The Morgan fingerprint density at radius 1 is 0.912 bits per heavy atom. The minimum absolute atomic E-state index is 0.135. The molecule has 0 unspecified atom stereocenters. The van der Waals surface area contributed by atoms with Crippen LogP contribution in [0.2, 0.25) is 0 Å². The van der Waals surface area contributed by atoms with Crippen LogP contribution in [-0.4, -0.2) is 50.4 Å². The van der Waals surface area contributed by atoms with Gasteiger partial charge in [0, 0.05) is 37.8 Å². The van der Waals surface area contributed by atoms with E-state index in [4.69, 9.17) is 9.40 Å². The number of hydrogen-bond donors (Lipinski definition) is 0. The third-order valence-corrected chi connectivity index (χ3v) is 6.68. The normalized spacial score (nSPS) is 18.1. The number of furan rings is 1. The van der Waals surface area contributed by atoms with Gasteiger partial charge in [-0.05, 0) is 43.5 Å². The smallest absolute Gasteiger partial charge is 0.261 e. The fourth-order valence-electron chi connectivity index (χ4n) is 4.88. The Bertz CT molecular complexity index is 1280. The predicted molar refractivity (Wildman–Crippen MR) is 124 cm³/mol. The van der Waals surface area contributed by atoms with E-state index in [1.807, 2.05) is 18.3 Å². The van der Waals surface area contributed by atoms with Gasteiger partial charge in [0.05, 0.1) is 35.6 Å². The van der Waals surface area contributed by atoms with E-state index in [-0.39, 0.29) is 18.4 Å². The molecule has 0 atom stereocenters. The lowest BCUT2D eigenvalue weighted by Crippen LogP contribution is -2.31. The van der Waals surface area contributed by atoms with Crippen molar-refractivity contribution >= 4 is 17.5 Å². The molecule has 0 fully saturated rings. The molecule has 172 valence electrons. The van der Waals surface area contributed by atoms with Crippen molar-refractivity contribution < 1.29 is 14.0 Å². The number of carbonyl (C=O) groups is 2. The molecule has 5 heterocycles. The summed E-state index contributed by atoms with van der Waals surface area (Å²) in [5.41, 5.74) is 4.20. The Morgan fingerprint density at radius 3 is 2.41 bits per heavy atom. The maximum Gasteiger partial charge on any atom is 0.261 e. The van der Waals surface area contributed by atoms with E-state index in [1.165, 1.54) is 4.90 Å². The summed E-state index contributed by atoms with van der Waals surface area (Å²) in [4.78, 5) is 42.8. The number of carbonyl (C=O) groups excluding carboxylic acids is 2. The van der Waals surface area contributed by atoms with Crippen molar-refractivity contribution in [1.29, 1.82) is 0 Å². The van der Waals surface area contributed by atoms with Gasteiger partial charge >= 0.3 is 0 Å². The van der Waals surface area contributed by atoms with Crippen molar-refractivity contribution in [3.63, 3.8) is 0 Å². The maximum absolute atomic E-state index is 12.6. The summed E-state index contributed by atoms with van der Waals surface area (Å²) in [6.45, 7) is 3.30. The standard InChI is InChI=1S/C26H25N5O3/c32-25-20-5-1-2-6-21(20)26(33)31(25)16-19-9-8-18(34-19)15-30-12-10-22-17(14-30)13-28-24(29-22)23-7-3-4-11-27-23/h1-2,5-6,8-9,13H,3-4,7,10-12,14-16H2. The summed E-state index contributed by atoms with van der Waals surface area (Å²) in [5.74, 6) is 1.65. The van der Waals surface area contributed by atoms with Gasteiger partial charge < -0.3 is 4.42 Å². The number of hydrogen-bond acceptors (Lipinski definition) is 7. The average molecular weight is 456 g/mol. The Hall–Kier alpha value is -3.65. The molecule has 34 heavy (non-hydrogen) atoms. The van der Waals surface area contributed by atoms with Crippen molar-refractivity contribution in [2.75, 3.05) is 13.1 Å². The van der Waals surface area contributed by atoms with Gasteiger partial charge in [-0.25, -0.2) is 9.97 Å². The molecule has 2 aromatic heterocycles. The first-order chi connectivity index (χ1) is 16.7. The Labute approximate surface area is 197 Å². The van der Waals surface area contributed by atoms with E-state index < -0.39 is 0 Å². The topological polar surface area (TPSA) is 91.9 Å². The molecule has 0 bridgehead atoms. The maximum atomic E-state index is 12.6. The first kappa shape index (κ1) is 20.9. The van der Waals surface area contributed by atoms with Gasteiger partial charge in [-0.3, -0.25) is 24.4 Å². The van der Waals surface area contributed by atoms with Crippen LogP contribution in [-0.2, 0) is 26.1 Å². The van der Waals surface area contributed by atoms with Crippen LogP contribution < -0.4 is 0 Å². The zero-order valence-electron chi connectivity index (χ0n) is 18.9. The van der Waals surface area contributed by atoms with E-state index >= 15 is 0 Å². The quantitative estimate of drug-likeness (QED) is 0.548. The van der Waals surface area contributed by atoms with Crippen molar-refractivity contribution in [3.05, 3.63) is 82.3 Å². The molecule has 1 aromatic carbocycles. The highest BCUT2D eigenvalue weighted by Crippen LogP contribution is 2.26. The second-order valence-electron chi connectivity index (χ2n) is 9.02. The third kappa shape index (κ3) is 3.84. The van der Waals surface area contributed by atoms with Crippen molar-refractivity contribution in [3.8, 4) is 0 Å². The largest absolute Gasteiger partial charge is 0.463 e. The lowest BCUT2D eigenvalue weighted by atomic mass is 10.1. The monoisotopic (exact) mass is 455 g/mol. The second-order valence-corrected chi connectivity index (χ2v) is 9.02. The van der Waals surface area contributed by atoms with Gasteiger partial charge in [-0.1, -0.05) is 12.1 Å². The highest BCUT2D eigenvalue weighted by Gasteiger charge is 2.35. The number of imide groups is 1. The lowest BCUT2D eigenvalue weighted by Gasteiger charge is -2.27. The molecule has 8 nitrogen and oxygen atoms in total. The highest BCUT2D eigenvalue weighted by molar-refractivity contribution is 6.21. The van der Waals surface area contributed by atoms with Crippen molar-refractivity contribution in [2.24, 2.45) is 4.99 Å². The van der Waals surface area contributed by atoms with Crippen molar-refractivity contribution in [2.45, 2.75) is 45.3 Å². The molecule has 3 aliphatic heterocycles. The number of aliphatic imine (C=N–C) groups is 1. The van der Waals surface area contributed by atoms with E-state index in [0.717, 1.165) is 73.9 Å². The van der Waals surface area contributed by atoms with Gasteiger partial charge in [-0.15, -0.1) is 0 Å². The highest BCUT2D eigenvalue weighted by atomic mass is 16.3. The average Bonchev–Trinajstić information content (AvgIpc) is 3.42. The van der Waals surface area contributed by atoms with Crippen LogP contribution in [0.1, 0.15) is 68.6 Å².